The molecular weight excluding hydrogens is 188 g/mol. The van der Waals surface area contributed by atoms with E-state index in [9.17, 15) is 0 Å². The molecule has 0 aliphatic heterocycles. The molecule has 0 spiro atoms. The van der Waals surface area contributed by atoms with Crippen molar-refractivity contribution in [1.29, 1.82) is 0 Å². The maximum absolute atomic E-state index is 5.95. The smallest absolute Gasteiger partial charge is 0.376 e. The van der Waals surface area contributed by atoms with Gasteiger partial charge in [0.15, 0.2) is 0 Å². The van der Waals surface area contributed by atoms with Crippen LogP contribution in [-0.2, 0) is 13.3 Å². The minimum Gasteiger partial charge on any atom is -0.376 e. The van der Waals surface area contributed by atoms with Gasteiger partial charge in [-0.05, 0) is 12.5 Å². The normalized spacial score (nSPS) is 17.1. The summed E-state index contributed by atoms with van der Waals surface area (Å²) in [6.45, 7) is 2.44. The highest BCUT2D eigenvalue weighted by molar-refractivity contribution is 6.62. The van der Waals surface area contributed by atoms with Crippen LogP contribution in [0.4, 0.5) is 0 Å². The summed E-state index contributed by atoms with van der Waals surface area (Å²) >= 11 is 0. The van der Waals surface area contributed by atoms with E-state index in [-0.39, 0.29) is 11.6 Å². The van der Waals surface area contributed by atoms with Crippen molar-refractivity contribution in [2.24, 2.45) is 17.4 Å². The SMILES string of the molecule is CO[Si](OC)(OC)C(N)C(C)CN. The summed E-state index contributed by atoms with van der Waals surface area (Å²) in [6, 6.07) is 0. The fourth-order valence-electron chi connectivity index (χ4n) is 1.15. The Morgan fingerprint density at radius 1 is 1.15 bits per heavy atom. The second-order valence-corrected chi connectivity index (χ2v) is 6.05. The van der Waals surface area contributed by atoms with Crippen molar-refractivity contribution in [3.63, 3.8) is 0 Å². The Labute approximate surface area is 80.7 Å². The average molecular weight is 208 g/mol. The largest absolute Gasteiger partial charge is 0.518 e. The zero-order chi connectivity index (χ0) is 10.5. The molecule has 80 valence electrons. The van der Waals surface area contributed by atoms with E-state index >= 15 is 0 Å². The van der Waals surface area contributed by atoms with Crippen LogP contribution in [0.3, 0.4) is 0 Å². The van der Waals surface area contributed by atoms with E-state index in [1.165, 1.54) is 0 Å². The quantitative estimate of drug-likeness (QED) is 0.566. The first kappa shape index (κ1) is 13.0. The van der Waals surface area contributed by atoms with Crippen molar-refractivity contribution in [3.8, 4) is 0 Å². The van der Waals surface area contributed by atoms with Crippen LogP contribution in [0, 0.1) is 5.92 Å². The Kier molecular flexibility index (Phi) is 5.69. The van der Waals surface area contributed by atoms with Crippen molar-refractivity contribution < 1.29 is 13.3 Å². The standard InChI is InChI=1S/C7H20N2O3Si/c1-6(5-8)7(9)13(10-2,11-3)12-4/h6-7H,5,8-9H2,1-4H3. The second kappa shape index (κ2) is 5.69. The Morgan fingerprint density at radius 3 is 1.77 bits per heavy atom. The van der Waals surface area contributed by atoms with Crippen molar-refractivity contribution >= 4 is 8.80 Å². The maximum atomic E-state index is 5.95. The predicted octanol–water partition coefficient (Wildman–Crippen LogP) is -0.674. The Balaban J connectivity index is 4.52. The molecule has 0 aliphatic rings. The lowest BCUT2D eigenvalue weighted by Crippen LogP contribution is -2.62. The molecule has 0 aliphatic carbocycles. The monoisotopic (exact) mass is 208 g/mol. The summed E-state index contributed by atoms with van der Waals surface area (Å²) in [6.07, 6.45) is 0. The summed E-state index contributed by atoms with van der Waals surface area (Å²) < 4.78 is 15.7. The van der Waals surface area contributed by atoms with Crippen LogP contribution in [0.1, 0.15) is 6.92 Å². The third-order valence-electron chi connectivity index (χ3n) is 2.25. The van der Waals surface area contributed by atoms with Gasteiger partial charge in [0.1, 0.15) is 0 Å². The van der Waals surface area contributed by atoms with Crippen LogP contribution in [0.2, 0.25) is 0 Å². The van der Waals surface area contributed by atoms with Gasteiger partial charge in [-0.15, -0.1) is 0 Å². The molecule has 6 heteroatoms. The third kappa shape index (κ3) is 2.73. The van der Waals surface area contributed by atoms with Crippen molar-refractivity contribution in [2.45, 2.75) is 12.6 Å². The molecule has 0 saturated heterocycles. The van der Waals surface area contributed by atoms with E-state index in [0.29, 0.717) is 6.54 Å². The highest BCUT2D eigenvalue weighted by Gasteiger charge is 2.47. The first-order valence-corrected chi connectivity index (χ1v) is 5.99. The molecule has 0 aromatic heterocycles. The van der Waals surface area contributed by atoms with Crippen molar-refractivity contribution in [2.75, 3.05) is 27.9 Å². The van der Waals surface area contributed by atoms with Crippen molar-refractivity contribution in [1.82, 2.24) is 0 Å². The van der Waals surface area contributed by atoms with Gasteiger partial charge in [-0.25, -0.2) is 0 Å². The van der Waals surface area contributed by atoms with Gasteiger partial charge in [0, 0.05) is 21.3 Å². The van der Waals surface area contributed by atoms with Crippen LogP contribution in [0.5, 0.6) is 0 Å². The van der Waals surface area contributed by atoms with E-state index < -0.39 is 8.80 Å². The Bertz CT molecular complexity index is 135. The molecule has 0 heterocycles. The van der Waals surface area contributed by atoms with E-state index in [0.717, 1.165) is 0 Å². The lowest BCUT2D eigenvalue weighted by Gasteiger charge is -2.32. The molecule has 13 heavy (non-hydrogen) atoms. The molecule has 0 bridgehead atoms. The van der Waals surface area contributed by atoms with Crippen LogP contribution in [-0.4, -0.2) is 42.3 Å². The molecule has 0 aromatic carbocycles. The minimum absolute atomic E-state index is 0.117. The van der Waals surface area contributed by atoms with Gasteiger partial charge >= 0.3 is 8.80 Å². The molecule has 0 amide bonds. The van der Waals surface area contributed by atoms with Crippen LogP contribution in [0.15, 0.2) is 0 Å². The van der Waals surface area contributed by atoms with Crippen molar-refractivity contribution in [3.05, 3.63) is 0 Å². The van der Waals surface area contributed by atoms with Crippen LogP contribution in [0.25, 0.3) is 0 Å². The highest BCUT2D eigenvalue weighted by Crippen LogP contribution is 2.15. The van der Waals surface area contributed by atoms with Gasteiger partial charge in [-0.3, -0.25) is 0 Å². The number of hydrogen-bond acceptors (Lipinski definition) is 5. The van der Waals surface area contributed by atoms with Gasteiger partial charge in [0.2, 0.25) is 0 Å². The topological polar surface area (TPSA) is 79.7 Å². The molecule has 0 fully saturated rings. The van der Waals surface area contributed by atoms with Crippen LogP contribution < -0.4 is 11.5 Å². The second-order valence-electron chi connectivity index (χ2n) is 2.95. The molecule has 2 unspecified atom stereocenters. The van der Waals surface area contributed by atoms with Gasteiger partial charge in [0.05, 0.1) is 5.67 Å². The predicted molar refractivity (Wildman–Crippen MR) is 53.0 cm³/mol. The summed E-state index contributed by atoms with van der Waals surface area (Å²) in [7, 11) is 1.92. The fourth-order valence-corrected chi connectivity index (χ4v) is 3.30. The molecule has 0 aromatic rings. The summed E-state index contributed by atoms with van der Waals surface area (Å²) in [4.78, 5) is 0. The fraction of sp³-hybridized carbons (Fsp3) is 1.00. The number of nitrogens with two attached hydrogens (primary N) is 2. The molecule has 0 rings (SSSR count). The molecule has 5 nitrogen and oxygen atoms in total. The summed E-state index contributed by atoms with van der Waals surface area (Å²) in [5.74, 6) is 0.117. The maximum Gasteiger partial charge on any atom is 0.518 e. The van der Waals surface area contributed by atoms with E-state index in [2.05, 4.69) is 0 Å². The Morgan fingerprint density at radius 2 is 1.54 bits per heavy atom. The zero-order valence-corrected chi connectivity index (χ0v) is 9.74. The molecule has 2 atom stereocenters. The number of hydrogen-bond donors (Lipinski definition) is 2. The lowest BCUT2D eigenvalue weighted by atomic mass is 10.2. The Hall–Kier alpha value is 0.0169. The summed E-state index contributed by atoms with van der Waals surface area (Å²) in [5, 5.41) is 0. The first-order valence-electron chi connectivity index (χ1n) is 4.19. The molecule has 0 radical (unpaired) electrons. The van der Waals surface area contributed by atoms with Gasteiger partial charge in [-0.1, -0.05) is 6.92 Å². The van der Waals surface area contributed by atoms with E-state index in [4.69, 9.17) is 24.7 Å². The third-order valence-corrected chi connectivity index (χ3v) is 5.34. The lowest BCUT2D eigenvalue weighted by molar-refractivity contribution is 0.105. The zero-order valence-electron chi connectivity index (χ0n) is 8.74. The van der Waals surface area contributed by atoms with Crippen LogP contribution >= 0.6 is 0 Å². The summed E-state index contributed by atoms with van der Waals surface area (Å²) in [5.41, 5.74) is 11.2. The molecular formula is C7H20N2O3Si. The highest BCUT2D eigenvalue weighted by atomic mass is 28.4. The van der Waals surface area contributed by atoms with E-state index in [1.807, 2.05) is 6.92 Å². The van der Waals surface area contributed by atoms with Gasteiger partial charge < -0.3 is 24.7 Å². The molecule has 0 saturated carbocycles. The minimum atomic E-state index is -2.71. The molecule has 4 N–H and O–H groups in total. The van der Waals surface area contributed by atoms with Gasteiger partial charge in [0.25, 0.3) is 0 Å². The van der Waals surface area contributed by atoms with Gasteiger partial charge in [-0.2, -0.15) is 0 Å². The first-order chi connectivity index (χ1) is 6.07. The number of rotatable bonds is 6. The average Bonchev–Trinajstić information content (AvgIpc) is 2.20. The van der Waals surface area contributed by atoms with E-state index in [1.54, 1.807) is 21.3 Å².